The van der Waals surface area contributed by atoms with Crippen LogP contribution < -0.4 is 5.73 Å². The Morgan fingerprint density at radius 1 is 1.00 bits per heavy atom. The summed E-state index contributed by atoms with van der Waals surface area (Å²) in [6.45, 7) is 1.65. The third-order valence-electron chi connectivity index (χ3n) is 2.33. The van der Waals surface area contributed by atoms with E-state index in [1.54, 1.807) is 43.3 Å². The van der Waals surface area contributed by atoms with Gasteiger partial charge in [0.1, 0.15) is 11.5 Å². The number of para-hydroxylation sites is 1. The Hall–Kier alpha value is -2.49. The van der Waals surface area contributed by atoms with Crippen molar-refractivity contribution in [3.05, 3.63) is 59.7 Å². The van der Waals surface area contributed by atoms with Crippen LogP contribution in [0.4, 0.5) is 0 Å². The molecule has 0 aliphatic carbocycles. The molecule has 0 aromatic heterocycles. The summed E-state index contributed by atoms with van der Waals surface area (Å²) in [5.41, 5.74) is 5.93. The van der Waals surface area contributed by atoms with Gasteiger partial charge < -0.3 is 15.9 Å². The molecule has 0 saturated heterocycles. The van der Waals surface area contributed by atoms with Crippen LogP contribution in [0.25, 0.3) is 0 Å². The topological polar surface area (TPSA) is 83.5 Å². The SMILES string of the molecule is Cc1c(O)cccc1C(N)=O.Oc1ccccc1. The monoisotopic (exact) mass is 245 g/mol. The number of phenols is 2. The summed E-state index contributed by atoms with van der Waals surface area (Å²) in [6.07, 6.45) is 0. The maximum absolute atomic E-state index is 10.7. The van der Waals surface area contributed by atoms with Crippen molar-refractivity contribution < 1.29 is 15.0 Å². The van der Waals surface area contributed by atoms with Gasteiger partial charge in [0.2, 0.25) is 5.91 Å². The molecule has 0 heterocycles. The molecule has 0 aliphatic heterocycles. The molecule has 0 aliphatic rings. The molecule has 1 amide bonds. The lowest BCUT2D eigenvalue weighted by molar-refractivity contribution is 0.0999. The van der Waals surface area contributed by atoms with Gasteiger partial charge in [-0.2, -0.15) is 0 Å². The second kappa shape index (κ2) is 6.30. The van der Waals surface area contributed by atoms with Crippen LogP contribution in [0.15, 0.2) is 48.5 Å². The summed E-state index contributed by atoms with van der Waals surface area (Å²) >= 11 is 0. The standard InChI is InChI=1S/C8H9NO2.C6H6O/c1-5-6(8(9)11)3-2-4-7(5)10;7-6-4-2-1-3-5-6/h2-4,10H,1H3,(H2,9,11);1-5,7H. The van der Waals surface area contributed by atoms with Crippen molar-refractivity contribution in [2.45, 2.75) is 6.92 Å². The van der Waals surface area contributed by atoms with E-state index in [2.05, 4.69) is 0 Å². The van der Waals surface area contributed by atoms with Gasteiger partial charge in [-0.25, -0.2) is 0 Å². The minimum atomic E-state index is -0.515. The summed E-state index contributed by atoms with van der Waals surface area (Å²) in [5.74, 6) is -0.0952. The fourth-order valence-electron chi connectivity index (χ4n) is 1.32. The molecule has 0 saturated carbocycles. The van der Waals surface area contributed by atoms with Crippen molar-refractivity contribution in [2.75, 3.05) is 0 Å². The van der Waals surface area contributed by atoms with E-state index < -0.39 is 5.91 Å². The Morgan fingerprint density at radius 3 is 2.00 bits per heavy atom. The van der Waals surface area contributed by atoms with Gasteiger partial charge in [-0.15, -0.1) is 0 Å². The fraction of sp³-hybridized carbons (Fsp3) is 0.0714. The van der Waals surface area contributed by atoms with Crippen molar-refractivity contribution >= 4 is 5.91 Å². The molecule has 2 aromatic rings. The summed E-state index contributed by atoms with van der Waals surface area (Å²) in [5, 5.41) is 17.8. The number of amides is 1. The lowest BCUT2D eigenvalue weighted by Crippen LogP contribution is -2.12. The van der Waals surface area contributed by atoms with E-state index in [1.165, 1.54) is 6.07 Å². The number of aromatic hydroxyl groups is 2. The quantitative estimate of drug-likeness (QED) is 0.720. The number of benzene rings is 2. The zero-order valence-corrected chi connectivity index (χ0v) is 10.00. The maximum atomic E-state index is 10.7. The van der Waals surface area contributed by atoms with Gasteiger partial charge in [-0.05, 0) is 31.2 Å². The Kier molecular flexibility index (Phi) is 4.75. The molecule has 4 N–H and O–H groups in total. The van der Waals surface area contributed by atoms with E-state index in [0.29, 0.717) is 16.9 Å². The number of nitrogens with two attached hydrogens (primary N) is 1. The number of rotatable bonds is 1. The Morgan fingerprint density at radius 2 is 1.61 bits per heavy atom. The summed E-state index contributed by atoms with van der Waals surface area (Å²) in [4.78, 5) is 10.7. The van der Waals surface area contributed by atoms with Gasteiger partial charge in [0, 0.05) is 11.1 Å². The highest BCUT2D eigenvalue weighted by Crippen LogP contribution is 2.18. The van der Waals surface area contributed by atoms with Crippen LogP contribution in [0.3, 0.4) is 0 Å². The molecule has 4 nitrogen and oxygen atoms in total. The molecule has 18 heavy (non-hydrogen) atoms. The summed E-state index contributed by atoms with van der Waals surface area (Å²) < 4.78 is 0. The zero-order valence-electron chi connectivity index (χ0n) is 10.00. The van der Waals surface area contributed by atoms with Gasteiger partial charge in [0.25, 0.3) is 0 Å². The first-order chi connectivity index (χ1) is 8.52. The second-order valence-corrected chi connectivity index (χ2v) is 3.65. The van der Waals surface area contributed by atoms with Crippen LogP contribution in [0.1, 0.15) is 15.9 Å². The largest absolute Gasteiger partial charge is 0.508 e. The van der Waals surface area contributed by atoms with Gasteiger partial charge in [-0.1, -0.05) is 24.3 Å². The number of carbonyl (C=O) groups excluding carboxylic acids is 1. The van der Waals surface area contributed by atoms with Crippen LogP contribution in [0, 0.1) is 6.92 Å². The number of primary amides is 1. The normalized spacial score (nSPS) is 9.17. The predicted octanol–water partition coefficient (Wildman–Crippen LogP) is 2.19. The Bertz CT molecular complexity index is 524. The third-order valence-corrected chi connectivity index (χ3v) is 2.33. The van der Waals surface area contributed by atoms with E-state index in [9.17, 15) is 4.79 Å². The van der Waals surface area contributed by atoms with Gasteiger partial charge >= 0.3 is 0 Å². The molecular formula is C14H15NO3. The lowest BCUT2D eigenvalue weighted by Gasteiger charge is -2.01. The first-order valence-corrected chi connectivity index (χ1v) is 5.34. The van der Waals surface area contributed by atoms with Crippen molar-refractivity contribution in [3.8, 4) is 11.5 Å². The average Bonchev–Trinajstić information content (AvgIpc) is 2.34. The lowest BCUT2D eigenvalue weighted by atomic mass is 10.1. The molecule has 4 heteroatoms. The number of hydrogen-bond donors (Lipinski definition) is 3. The molecule has 0 bridgehead atoms. The van der Waals surface area contributed by atoms with Crippen LogP contribution >= 0.6 is 0 Å². The van der Waals surface area contributed by atoms with Gasteiger partial charge in [-0.3, -0.25) is 4.79 Å². The van der Waals surface area contributed by atoms with E-state index in [4.69, 9.17) is 15.9 Å². The molecule has 2 aromatic carbocycles. The molecule has 0 radical (unpaired) electrons. The molecular weight excluding hydrogens is 230 g/mol. The maximum Gasteiger partial charge on any atom is 0.249 e. The average molecular weight is 245 g/mol. The van der Waals surface area contributed by atoms with Crippen LogP contribution in [-0.2, 0) is 0 Å². The van der Waals surface area contributed by atoms with Crippen molar-refractivity contribution in [3.63, 3.8) is 0 Å². The molecule has 0 fully saturated rings. The second-order valence-electron chi connectivity index (χ2n) is 3.65. The van der Waals surface area contributed by atoms with Crippen LogP contribution in [0.2, 0.25) is 0 Å². The molecule has 94 valence electrons. The van der Waals surface area contributed by atoms with Crippen molar-refractivity contribution in [1.29, 1.82) is 0 Å². The Balaban J connectivity index is 0.000000199. The van der Waals surface area contributed by atoms with Crippen molar-refractivity contribution in [2.24, 2.45) is 5.73 Å². The highest BCUT2D eigenvalue weighted by molar-refractivity contribution is 5.94. The summed E-state index contributed by atoms with van der Waals surface area (Å²) in [7, 11) is 0. The molecule has 0 unspecified atom stereocenters. The predicted molar refractivity (Wildman–Crippen MR) is 69.5 cm³/mol. The highest BCUT2D eigenvalue weighted by Gasteiger charge is 2.06. The molecule has 2 rings (SSSR count). The fourth-order valence-corrected chi connectivity index (χ4v) is 1.32. The van der Waals surface area contributed by atoms with E-state index >= 15 is 0 Å². The first kappa shape index (κ1) is 13.6. The van der Waals surface area contributed by atoms with Gasteiger partial charge in [0.15, 0.2) is 0 Å². The Labute approximate surface area is 105 Å². The molecule has 0 spiro atoms. The number of phenolic OH excluding ortho intramolecular Hbond substituents is 2. The van der Waals surface area contributed by atoms with Crippen molar-refractivity contribution in [1.82, 2.24) is 0 Å². The first-order valence-electron chi connectivity index (χ1n) is 5.34. The smallest absolute Gasteiger partial charge is 0.249 e. The van der Waals surface area contributed by atoms with E-state index in [1.807, 2.05) is 6.07 Å². The van der Waals surface area contributed by atoms with E-state index in [-0.39, 0.29) is 5.75 Å². The minimum Gasteiger partial charge on any atom is -0.508 e. The van der Waals surface area contributed by atoms with Crippen LogP contribution in [-0.4, -0.2) is 16.1 Å². The highest BCUT2D eigenvalue weighted by atomic mass is 16.3. The summed E-state index contributed by atoms with van der Waals surface area (Å²) in [6, 6.07) is 13.4. The third kappa shape index (κ3) is 3.83. The number of hydrogen-bond acceptors (Lipinski definition) is 3. The minimum absolute atomic E-state index is 0.0984. The van der Waals surface area contributed by atoms with Gasteiger partial charge in [0.05, 0.1) is 0 Å². The number of carbonyl (C=O) groups is 1. The zero-order chi connectivity index (χ0) is 13.5. The van der Waals surface area contributed by atoms with Crippen LogP contribution in [0.5, 0.6) is 11.5 Å². The van der Waals surface area contributed by atoms with E-state index in [0.717, 1.165) is 0 Å². The molecule has 0 atom stereocenters.